The zero-order chi connectivity index (χ0) is 11.3. The fourth-order valence-electron chi connectivity index (χ4n) is 1.13. The third kappa shape index (κ3) is 3.95. The summed E-state index contributed by atoms with van der Waals surface area (Å²) in [6.07, 6.45) is 0.819. The number of aryl methyl sites for hydroxylation is 1. The van der Waals surface area contributed by atoms with Gasteiger partial charge in [0.05, 0.1) is 0 Å². The molecule has 1 atom stereocenters. The van der Waals surface area contributed by atoms with E-state index in [9.17, 15) is 9.90 Å². The standard InChI is InChI=1S/C10H14N2O3/c1-7-3-2-6-11-10(7)12-8(13)4-5-9(14)15/h2-3,6,8,13H,4-5H2,1H3,(H,11,12)(H,14,15). The summed E-state index contributed by atoms with van der Waals surface area (Å²) < 4.78 is 0. The van der Waals surface area contributed by atoms with E-state index in [-0.39, 0.29) is 12.8 Å². The Hall–Kier alpha value is -1.62. The number of nitrogens with one attached hydrogen (secondary N) is 1. The second-order valence-corrected chi connectivity index (χ2v) is 3.26. The number of rotatable bonds is 5. The number of nitrogens with zero attached hydrogens (tertiary/aromatic N) is 1. The van der Waals surface area contributed by atoms with Crippen molar-refractivity contribution in [3.63, 3.8) is 0 Å². The number of hydrogen-bond acceptors (Lipinski definition) is 4. The van der Waals surface area contributed by atoms with E-state index in [1.54, 1.807) is 12.3 Å². The molecular formula is C10H14N2O3. The molecule has 0 amide bonds. The van der Waals surface area contributed by atoms with Crippen LogP contribution in [0.4, 0.5) is 5.82 Å². The molecule has 1 unspecified atom stereocenters. The van der Waals surface area contributed by atoms with Gasteiger partial charge in [0.15, 0.2) is 0 Å². The summed E-state index contributed by atoms with van der Waals surface area (Å²) in [6, 6.07) is 3.66. The molecule has 0 saturated heterocycles. The van der Waals surface area contributed by atoms with Crippen LogP contribution in [0.5, 0.6) is 0 Å². The smallest absolute Gasteiger partial charge is 0.303 e. The van der Waals surface area contributed by atoms with Crippen LogP contribution in [0.3, 0.4) is 0 Å². The lowest BCUT2D eigenvalue weighted by molar-refractivity contribution is -0.137. The largest absolute Gasteiger partial charge is 0.481 e. The minimum Gasteiger partial charge on any atom is -0.481 e. The van der Waals surface area contributed by atoms with Crippen molar-refractivity contribution in [1.29, 1.82) is 0 Å². The van der Waals surface area contributed by atoms with E-state index < -0.39 is 12.2 Å². The molecule has 0 spiro atoms. The predicted molar refractivity (Wildman–Crippen MR) is 55.5 cm³/mol. The molecule has 1 aromatic heterocycles. The maximum absolute atomic E-state index is 10.3. The molecule has 82 valence electrons. The number of hydrogen-bond donors (Lipinski definition) is 3. The Morgan fingerprint density at radius 1 is 1.67 bits per heavy atom. The van der Waals surface area contributed by atoms with Gasteiger partial charge in [0.25, 0.3) is 0 Å². The molecule has 0 aliphatic heterocycles. The Balaban J connectivity index is 2.47. The first kappa shape index (κ1) is 11.5. The highest BCUT2D eigenvalue weighted by Crippen LogP contribution is 2.11. The monoisotopic (exact) mass is 210 g/mol. The molecule has 0 radical (unpaired) electrons. The second kappa shape index (κ2) is 5.31. The van der Waals surface area contributed by atoms with Crippen LogP contribution in [0.25, 0.3) is 0 Å². The van der Waals surface area contributed by atoms with Gasteiger partial charge in [-0.3, -0.25) is 4.79 Å². The topological polar surface area (TPSA) is 82.5 Å². The molecular weight excluding hydrogens is 196 g/mol. The molecule has 0 bridgehead atoms. The third-order valence-corrected chi connectivity index (χ3v) is 1.94. The molecule has 0 fully saturated rings. The highest BCUT2D eigenvalue weighted by molar-refractivity contribution is 5.66. The van der Waals surface area contributed by atoms with Crippen molar-refractivity contribution in [1.82, 2.24) is 4.98 Å². The van der Waals surface area contributed by atoms with Crippen LogP contribution < -0.4 is 5.32 Å². The van der Waals surface area contributed by atoms with E-state index in [0.29, 0.717) is 5.82 Å². The zero-order valence-electron chi connectivity index (χ0n) is 8.47. The van der Waals surface area contributed by atoms with Crippen LogP contribution in [0.2, 0.25) is 0 Å². The van der Waals surface area contributed by atoms with Gasteiger partial charge in [-0.25, -0.2) is 4.98 Å². The summed E-state index contributed by atoms with van der Waals surface area (Å²) in [6.45, 7) is 1.86. The number of pyridine rings is 1. The van der Waals surface area contributed by atoms with Gasteiger partial charge in [-0.1, -0.05) is 6.07 Å². The van der Waals surface area contributed by atoms with Crippen molar-refractivity contribution >= 4 is 11.8 Å². The summed E-state index contributed by atoms with van der Waals surface area (Å²) in [5, 5.41) is 20.6. The number of aliphatic hydroxyl groups is 1. The number of aliphatic hydroxyl groups excluding tert-OH is 1. The zero-order valence-corrected chi connectivity index (χ0v) is 8.47. The van der Waals surface area contributed by atoms with Crippen molar-refractivity contribution < 1.29 is 15.0 Å². The molecule has 0 aliphatic rings. The van der Waals surface area contributed by atoms with Gasteiger partial charge in [-0.05, 0) is 18.6 Å². The van der Waals surface area contributed by atoms with Gasteiger partial charge in [-0.2, -0.15) is 0 Å². The second-order valence-electron chi connectivity index (χ2n) is 3.26. The van der Waals surface area contributed by atoms with Gasteiger partial charge in [0.2, 0.25) is 0 Å². The van der Waals surface area contributed by atoms with E-state index in [1.807, 2.05) is 13.0 Å². The maximum atomic E-state index is 10.3. The first-order valence-corrected chi connectivity index (χ1v) is 4.67. The first-order chi connectivity index (χ1) is 7.09. The molecule has 15 heavy (non-hydrogen) atoms. The van der Waals surface area contributed by atoms with Gasteiger partial charge in [0.1, 0.15) is 12.0 Å². The molecule has 1 heterocycles. The summed E-state index contributed by atoms with van der Waals surface area (Å²) in [5.41, 5.74) is 0.909. The van der Waals surface area contributed by atoms with Crippen LogP contribution in [0, 0.1) is 6.92 Å². The lowest BCUT2D eigenvalue weighted by Gasteiger charge is -2.13. The van der Waals surface area contributed by atoms with E-state index in [1.165, 1.54) is 0 Å². The predicted octanol–water partition coefficient (Wildman–Crippen LogP) is 0.985. The molecule has 5 nitrogen and oxygen atoms in total. The number of carboxylic acid groups (broad SMARTS) is 1. The van der Waals surface area contributed by atoms with Crippen LogP contribution in [0.15, 0.2) is 18.3 Å². The molecule has 1 rings (SSSR count). The van der Waals surface area contributed by atoms with Crippen molar-refractivity contribution in [2.45, 2.75) is 26.0 Å². The number of anilines is 1. The average Bonchev–Trinajstić information content (AvgIpc) is 2.18. The van der Waals surface area contributed by atoms with Gasteiger partial charge in [-0.15, -0.1) is 0 Å². The normalized spacial score (nSPS) is 12.1. The summed E-state index contributed by atoms with van der Waals surface area (Å²) in [7, 11) is 0. The van der Waals surface area contributed by atoms with Crippen molar-refractivity contribution in [2.24, 2.45) is 0 Å². The summed E-state index contributed by atoms with van der Waals surface area (Å²) >= 11 is 0. The average molecular weight is 210 g/mol. The quantitative estimate of drug-likeness (QED) is 0.631. The first-order valence-electron chi connectivity index (χ1n) is 4.67. The molecule has 0 saturated carbocycles. The van der Waals surface area contributed by atoms with Crippen molar-refractivity contribution in [3.8, 4) is 0 Å². The number of carbonyl (C=O) groups is 1. The fraction of sp³-hybridized carbons (Fsp3) is 0.400. The number of aliphatic carboxylic acids is 1. The van der Waals surface area contributed by atoms with Crippen molar-refractivity contribution in [2.75, 3.05) is 5.32 Å². The molecule has 0 aliphatic carbocycles. The lowest BCUT2D eigenvalue weighted by atomic mass is 10.2. The van der Waals surface area contributed by atoms with Crippen molar-refractivity contribution in [3.05, 3.63) is 23.9 Å². The minimum atomic E-state index is -0.923. The van der Waals surface area contributed by atoms with Gasteiger partial charge in [0, 0.05) is 19.0 Å². The number of aromatic nitrogens is 1. The molecule has 5 heteroatoms. The van der Waals surface area contributed by atoms with Gasteiger partial charge >= 0.3 is 5.97 Å². The van der Waals surface area contributed by atoms with E-state index in [4.69, 9.17) is 5.11 Å². The Kier molecular flexibility index (Phi) is 4.05. The fourth-order valence-corrected chi connectivity index (χ4v) is 1.13. The van der Waals surface area contributed by atoms with E-state index >= 15 is 0 Å². The van der Waals surface area contributed by atoms with E-state index in [0.717, 1.165) is 5.56 Å². The van der Waals surface area contributed by atoms with Crippen LogP contribution in [-0.2, 0) is 4.79 Å². The van der Waals surface area contributed by atoms with Crippen LogP contribution >= 0.6 is 0 Å². The SMILES string of the molecule is Cc1cccnc1NC(O)CCC(=O)O. The molecule has 0 aromatic carbocycles. The minimum absolute atomic E-state index is 0.0694. The van der Waals surface area contributed by atoms with Crippen LogP contribution in [0.1, 0.15) is 18.4 Å². The Labute approximate surface area is 87.8 Å². The summed E-state index contributed by atoms with van der Waals surface area (Å²) in [4.78, 5) is 14.3. The number of carboxylic acids is 1. The highest BCUT2D eigenvalue weighted by Gasteiger charge is 2.08. The third-order valence-electron chi connectivity index (χ3n) is 1.94. The van der Waals surface area contributed by atoms with Gasteiger partial charge < -0.3 is 15.5 Å². The molecule has 3 N–H and O–H groups in total. The van der Waals surface area contributed by atoms with Crippen LogP contribution in [-0.4, -0.2) is 27.4 Å². The lowest BCUT2D eigenvalue weighted by Crippen LogP contribution is -2.21. The highest BCUT2D eigenvalue weighted by atomic mass is 16.4. The Morgan fingerprint density at radius 3 is 3.00 bits per heavy atom. The molecule has 1 aromatic rings. The maximum Gasteiger partial charge on any atom is 0.303 e. The Bertz CT molecular complexity index is 341. The Morgan fingerprint density at radius 2 is 2.40 bits per heavy atom. The van der Waals surface area contributed by atoms with E-state index in [2.05, 4.69) is 10.3 Å². The summed E-state index contributed by atoms with van der Waals surface area (Å²) in [5.74, 6) is -0.344.